The molecule has 110 valence electrons. The highest BCUT2D eigenvalue weighted by Gasteiger charge is 2.26. The molecule has 3 heterocycles. The smallest absolute Gasteiger partial charge is 0.158 e. The van der Waals surface area contributed by atoms with Gasteiger partial charge in [0, 0.05) is 24.4 Å². The van der Waals surface area contributed by atoms with Gasteiger partial charge in [0.15, 0.2) is 6.10 Å². The second kappa shape index (κ2) is 5.18. The normalized spacial score (nSPS) is 17.3. The second-order valence-corrected chi connectivity index (χ2v) is 5.10. The number of hydrogen-bond donors (Lipinski definition) is 0. The molecule has 5 heteroatoms. The molecule has 0 saturated carbocycles. The van der Waals surface area contributed by atoms with Gasteiger partial charge in [-0.15, -0.1) is 0 Å². The largest absolute Gasteiger partial charge is 0.495 e. The molecule has 0 saturated heterocycles. The summed E-state index contributed by atoms with van der Waals surface area (Å²) in [4.78, 5) is 9.61. The molecule has 3 aromatic rings. The van der Waals surface area contributed by atoms with Gasteiger partial charge in [-0.2, -0.15) is 0 Å². The van der Waals surface area contributed by atoms with Crippen LogP contribution < -0.4 is 4.74 Å². The molecular weight excluding hydrogens is 280 g/mol. The minimum atomic E-state index is -0.0808. The average molecular weight is 294 g/mol. The van der Waals surface area contributed by atoms with E-state index in [0.717, 1.165) is 33.6 Å². The van der Waals surface area contributed by atoms with Gasteiger partial charge in [-0.05, 0) is 35.9 Å². The highest BCUT2D eigenvalue weighted by molar-refractivity contribution is 6.07. The van der Waals surface area contributed by atoms with Crippen LogP contribution in [0.2, 0.25) is 0 Å². The van der Waals surface area contributed by atoms with Crippen molar-refractivity contribution >= 4 is 16.7 Å². The van der Waals surface area contributed by atoms with Crippen LogP contribution in [0.1, 0.15) is 23.7 Å². The molecule has 1 aliphatic rings. The number of benzene rings is 1. The lowest BCUT2D eigenvalue weighted by atomic mass is 9.99. The fourth-order valence-electron chi connectivity index (χ4n) is 2.76. The zero-order valence-electron chi connectivity index (χ0n) is 12.0. The van der Waals surface area contributed by atoms with E-state index in [4.69, 9.17) is 14.0 Å². The molecule has 2 aromatic heterocycles. The van der Waals surface area contributed by atoms with E-state index < -0.39 is 0 Å². The Morgan fingerprint density at radius 2 is 2.00 bits per heavy atom. The number of methoxy groups -OCH3 is 1. The average Bonchev–Trinajstić information content (AvgIpc) is 3.23. The van der Waals surface area contributed by atoms with E-state index in [1.165, 1.54) is 0 Å². The van der Waals surface area contributed by atoms with Crippen molar-refractivity contribution in [3.05, 3.63) is 60.1 Å². The van der Waals surface area contributed by atoms with Crippen LogP contribution in [0.25, 0.3) is 11.0 Å². The molecule has 1 aliphatic heterocycles. The van der Waals surface area contributed by atoms with Crippen LogP contribution in [0.4, 0.5) is 0 Å². The molecule has 0 spiro atoms. The molecule has 1 atom stereocenters. The Kier molecular flexibility index (Phi) is 3.04. The predicted molar refractivity (Wildman–Crippen MR) is 82.0 cm³/mol. The first kappa shape index (κ1) is 12.9. The van der Waals surface area contributed by atoms with Crippen LogP contribution in [-0.4, -0.2) is 17.8 Å². The quantitative estimate of drug-likeness (QED) is 0.739. The van der Waals surface area contributed by atoms with Crippen molar-refractivity contribution in [3.8, 4) is 5.75 Å². The number of furan rings is 1. The van der Waals surface area contributed by atoms with E-state index in [1.807, 2.05) is 30.3 Å². The van der Waals surface area contributed by atoms with E-state index in [0.29, 0.717) is 6.42 Å². The maximum Gasteiger partial charge on any atom is 0.158 e. The van der Waals surface area contributed by atoms with Crippen LogP contribution in [-0.2, 0) is 4.84 Å². The van der Waals surface area contributed by atoms with E-state index in [1.54, 1.807) is 25.8 Å². The lowest BCUT2D eigenvalue weighted by molar-refractivity contribution is 0.0857. The first-order valence-corrected chi connectivity index (χ1v) is 7.04. The number of pyridine rings is 1. The topological polar surface area (TPSA) is 56.9 Å². The van der Waals surface area contributed by atoms with E-state index in [9.17, 15) is 0 Å². The number of fused-ring (bicyclic) bond motifs is 1. The van der Waals surface area contributed by atoms with Crippen molar-refractivity contribution < 1.29 is 14.0 Å². The van der Waals surface area contributed by atoms with Gasteiger partial charge in [-0.25, -0.2) is 0 Å². The summed E-state index contributed by atoms with van der Waals surface area (Å²) in [7, 11) is 1.65. The van der Waals surface area contributed by atoms with Crippen LogP contribution >= 0.6 is 0 Å². The molecule has 0 fully saturated rings. The molecule has 1 aromatic carbocycles. The van der Waals surface area contributed by atoms with Crippen molar-refractivity contribution in [2.75, 3.05) is 7.11 Å². The second-order valence-electron chi connectivity index (χ2n) is 5.10. The Hall–Kier alpha value is -2.82. The van der Waals surface area contributed by atoms with Crippen molar-refractivity contribution in [1.29, 1.82) is 0 Å². The van der Waals surface area contributed by atoms with Crippen molar-refractivity contribution in [3.63, 3.8) is 0 Å². The maximum atomic E-state index is 5.58. The molecule has 0 N–H and O–H groups in total. The fourth-order valence-corrected chi connectivity index (χ4v) is 2.76. The molecule has 0 bridgehead atoms. The molecule has 5 nitrogen and oxygen atoms in total. The number of oxime groups is 1. The summed E-state index contributed by atoms with van der Waals surface area (Å²) in [5.41, 5.74) is 3.68. The zero-order valence-corrected chi connectivity index (χ0v) is 12.0. The Labute approximate surface area is 127 Å². The van der Waals surface area contributed by atoms with Gasteiger partial charge >= 0.3 is 0 Å². The Balaban J connectivity index is 1.69. The lowest BCUT2D eigenvalue weighted by Crippen LogP contribution is -2.04. The first-order valence-electron chi connectivity index (χ1n) is 7.04. The summed E-state index contributed by atoms with van der Waals surface area (Å²) in [6, 6.07) is 9.67. The van der Waals surface area contributed by atoms with Gasteiger partial charge < -0.3 is 14.0 Å². The SMILES string of the molecule is COc1c(C2=NOC(c3ccncc3)C2)ccc2occc12. The van der Waals surface area contributed by atoms with E-state index in [2.05, 4.69) is 10.1 Å². The van der Waals surface area contributed by atoms with Gasteiger partial charge in [0.05, 0.1) is 24.5 Å². The van der Waals surface area contributed by atoms with Gasteiger partial charge in [0.25, 0.3) is 0 Å². The summed E-state index contributed by atoms with van der Waals surface area (Å²) in [6.07, 6.45) is 5.79. The Bertz CT molecular complexity index is 839. The number of nitrogens with zero attached hydrogens (tertiary/aromatic N) is 2. The van der Waals surface area contributed by atoms with Gasteiger partial charge in [0.1, 0.15) is 11.3 Å². The lowest BCUT2D eigenvalue weighted by Gasteiger charge is -2.09. The summed E-state index contributed by atoms with van der Waals surface area (Å²) < 4.78 is 11.0. The highest BCUT2D eigenvalue weighted by atomic mass is 16.6. The predicted octanol–water partition coefficient (Wildman–Crippen LogP) is 3.70. The third-order valence-corrected chi connectivity index (χ3v) is 3.85. The highest BCUT2D eigenvalue weighted by Crippen LogP contribution is 2.36. The van der Waals surface area contributed by atoms with Gasteiger partial charge in [-0.3, -0.25) is 4.98 Å². The minimum absolute atomic E-state index is 0.0808. The van der Waals surface area contributed by atoms with Crippen LogP contribution in [0.5, 0.6) is 5.75 Å². The molecule has 0 aliphatic carbocycles. The standard InChI is InChI=1S/C17H14N2O3/c1-20-17-12(2-3-15-13(17)6-9-21-15)14-10-16(22-19-14)11-4-7-18-8-5-11/h2-9,16H,10H2,1H3. The van der Waals surface area contributed by atoms with Crippen molar-refractivity contribution in [2.24, 2.45) is 5.16 Å². The number of hydrogen-bond acceptors (Lipinski definition) is 5. The maximum absolute atomic E-state index is 5.58. The molecule has 4 rings (SSSR count). The molecule has 0 radical (unpaired) electrons. The van der Waals surface area contributed by atoms with Gasteiger partial charge in [0.2, 0.25) is 0 Å². The molecular formula is C17H14N2O3. The van der Waals surface area contributed by atoms with Crippen LogP contribution in [0.3, 0.4) is 0 Å². The van der Waals surface area contributed by atoms with Gasteiger partial charge in [-0.1, -0.05) is 5.16 Å². The third-order valence-electron chi connectivity index (χ3n) is 3.85. The monoisotopic (exact) mass is 294 g/mol. The number of rotatable bonds is 3. The summed E-state index contributed by atoms with van der Waals surface area (Å²) in [5.74, 6) is 0.768. The van der Waals surface area contributed by atoms with Crippen molar-refractivity contribution in [2.45, 2.75) is 12.5 Å². The molecule has 22 heavy (non-hydrogen) atoms. The summed E-state index contributed by atoms with van der Waals surface area (Å²) in [5, 5.41) is 5.19. The fraction of sp³-hybridized carbons (Fsp3) is 0.176. The molecule has 1 unspecified atom stereocenters. The number of aromatic nitrogens is 1. The minimum Gasteiger partial charge on any atom is -0.495 e. The van der Waals surface area contributed by atoms with Crippen LogP contribution in [0.15, 0.2) is 58.6 Å². The first-order chi connectivity index (χ1) is 10.9. The Morgan fingerprint density at radius 1 is 1.14 bits per heavy atom. The Morgan fingerprint density at radius 3 is 2.82 bits per heavy atom. The van der Waals surface area contributed by atoms with E-state index in [-0.39, 0.29) is 6.10 Å². The zero-order chi connectivity index (χ0) is 14.9. The van der Waals surface area contributed by atoms with Crippen molar-refractivity contribution in [1.82, 2.24) is 4.98 Å². The van der Waals surface area contributed by atoms with E-state index >= 15 is 0 Å². The third kappa shape index (κ3) is 2.02. The van der Waals surface area contributed by atoms with Crippen LogP contribution in [0, 0.1) is 0 Å². The molecule has 0 amide bonds. The number of ether oxygens (including phenoxy) is 1. The summed E-state index contributed by atoms with van der Waals surface area (Å²) in [6.45, 7) is 0. The summed E-state index contributed by atoms with van der Waals surface area (Å²) >= 11 is 0.